The molecule has 4 nitrogen and oxygen atoms in total. The molecule has 0 fully saturated rings. The number of rotatable bonds is 8. The van der Waals surface area contributed by atoms with Crippen LogP contribution in [0, 0.1) is 0 Å². The lowest BCUT2D eigenvalue weighted by Crippen LogP contribution is -2.18. The van der Waals surface area contributed by atoms with E-state index in [-0.39, 0.29) is 5.91 Å². The maximum Gasteiger partial charge on any atom is 0.271 e. The number of hydrogen-bond acceptors (Lipinski definition) is 2. The molecule has 0 saturated carbocycles. The summed E-state index contributed by atoms with van der Waals surface area (Å²) in [5.41, 5.74) is 0.494. The summed E-state index contributed by atoms with van der Waals surface area (Å²) in [4.78, 5) is 16.0. The van der Waals surface area contributed by atoms with Gasteiger partial charge in [-0.25, -0.2) is 4.98 Å². The van der Waals surface area contributed by atoms with E-state index in [2.05, 4.69) is 34.8 Å². The maximum absolute atomic E-state index is 11.6. The zero-order valence-corrected chi connectivity index (χ0v) is 12.3. The molecular formula is C15H25N3O. The summed E-state index contributed by atoms with van der Waals surface area (Å²) in [7, 11) is 1.63. The van der Waals surface area contributed by atoms with Crippen molar-refractivity contribution in [3.05, 3.63) is 23.8 Å². The lowest BCUT2D eigenvalue weighted by atomic mass is 10.2. The standard InChI is InChI=1S/C15H25N3O/c1-4-6-8-9-11-18-12-13(15(19)16-3)17-14(18)10-7-5-2/h7,10,12H,4-6,8-9,11H2,1-3H3,(H,16,19)/b10-7+. The van der Waals surface area contributed by atoms with Crippen LogP contribution in [0.3, 0.4) is 0 Å². The molecule has 0 unspecified atom stereocenters. The number of carbonyl (C=O) groups excluding carboxylic acids is 1. The highest BCUT2D eigenvalue weighted by atomic mass is 16.1. The third-order valence-electron chi connectivity index (χ3n) is 3.02. The highest BCUT2D eigenvalue weighted by Gasteiger charge is 2.11. The first-order chi connectivity index (χ1) is 9.22. The molecule has 1 rings (SSSR count). The first-order valence-corrected chi connectivity index (χ1v) is 7.18. The van der Waals surface area contributed by atoms with Crippen molar-refractivity contribution >= 4 is 12.0 Å². The second kappa shape index (κ2) is 8.51. The van der Waals surface area contributed by atoms with E-state index in [1.165, 1.54) is 19.3 Å². The zero-order chi connectivity index (χ0) is 14.1. The Balaban J connectivity index is 2.77. The molecule has 19 heavy (non-hydrogen) atoms. The fraction of sp³-hybridized carbons (Fsp3) is 0.600. The summed E-state index contributed by atoms with van der Waals surface area (Å²) in [6.07, 6.45) is 11.7. The fourth-order valence-electron chi connectivity index (χ4n) is 1.91. The van der Waals surface area contributed by atoms with E-state index >= 15 is 0 Å². The van der Waals surface area contributed by atoms with Crippen molar-refractivity contribution < 1.29 is 4.79 Å². The number of imidazole rings is 1. The molecule has 0 aromatic carbocycles. The summed E-state index contributed by atoms with van der Waals surface area (Å²) < 4.78 is 2.08. The minimum absolute atomic E-state index is 0.126. The summed E-state index contributed by atoms with van der Waals surface area (Å²) in [6, 6.07) is 0. The van der Waals surface area contributed by atoms with Crippen LogP contribution in [-0.4, -0.2) is 22.5 Å². The van der Waals surface area contributed by atoms with Gasteiger partial charge in [0, 0.05) is 19.8 Å². The molecule has 1 N–H and O–H groups in total. The van der Waals surface area contributed by atoms with Gasteiger partial charge in [-0.05, 0) is 18.9 Å². The van der Waals surface area contributed by atoms with Crippen LogP contribution in [0.15, 0.2) is 12.3 Å². The molecule has 1 aromatic rings. The molecule has 1 aromatic heterocycles. The number of aryl methyl sites for hydroxylation is 1. The van der Waals surface area contributed by atoms with Gasteiger partial charge in [-0.1, -0.05) is 39.2 Å². The van der Waals surface area contributed by atoms with Crippen molar-refractivity contribution in [1.29, 1.82) is 0 Å². The SMILES string of the molecule is CC/C=C/c1nc(C(=O)NC)cn1CCCCCC. The molecule has 0 radical (unpaired) electrons. The predicted octanol–water partition coefficient (Wildman–Crippen LogP) is 3.25. The van der Waals surface area contributed by atoms with Crippen molar-refractivity contribution in [3.8, 4) is 0 Å². The van der Waals surface area contributed by atoms with Gasteiger partial charge in [0.1, 0.15) is 11.5 Å². The monoisotopic (exact) mass is 263 g/mol. The van der Waals surface area contributed by atoms with E-state index in [0.717, 1.165) is 25.2 Å². The van der Waals surface area contributed by atoms with Crippen LogP contribution in [0.2, 0.25) is 0 Å². The average molecular weight is 263 g/mol. The molecule has 4 heteroatoms. The number of hydrogen-bond donors (Lipinski definition) is 1. The van der Waals surface area contributed by atoms with Crippen molar-refractivity contribution in [2.24, 2.45) is 0 Å². The van der Waals surface area contributed by atoms with Crippen molar-refractivity contribution in [1.82, 2.24) is 14.9 Å². The third-order valence-corrected chi connectivity index (χ3v) is 3.02. The number of aromatic nitrogens is 2. The Morgan fingerprint density at radius 2 is 2.16 bits per heavy atom. The van der Waals surface area contributed by atoms with Gasteiger partial charge in [0.25, 0.3) is 5.91 Å². The number of allylic oxidation sites excluding steroid dienone is 1. The number of nitrogens with zero attached hydrogens (tertiary/aromatic N) is 2. The number of unbranched alkanes of at least 4 members (excludes halogenated alkanes) is 3. The Hall–Kier alpha value is -1.58. The van der Waals surface area contributed by atoms with Crippen LogP contribution < -0.4 is 5.32 Å². The van der Waals surface area contributed by atoms with Gasteiger partial charge in [0.2, 0.25) is 0 Å². The largest absolute Gasteiger partial charge is 0.354 e. The number of carbonyl (C=O) groups is 1. The van der Waals surface area contributed by atoms with Crippen LogP contribution in [0.1, 0.15) is 62.3 Å². The Labute approximate surface area is 115 Å². The molecule has 0 bridgehead atoms. The Morgan fingerprint density at radius 3 is 2.79 bits per heavy atom. The van der Waals surface area contributed by atoms with E-state index in [0.29, 0.717) is 5.69 Å². The van der Waals surface area contributed by atoms with Gasteiger partial charge in [-0.2, -0.15) is 0 Å². The third kappa shape index (κ3) is 4.89. The van der Waals surface area contributed by atoms with Crippen molar-refractivity contribution in [2.45, 2.75) is 52.5 Å². The van der Waals surface area contributed by atoms with Gasteiger partial charge >= 0.3 is 0 Å². The second-order valence-corrected chi connectivity index (χ2v) is 4.63. The Kier molecular flexibility index (Phi) is 6.93. The number of nitrogens with one attached hydrogen (secondary N) is 1. The molecule has 0 aliphatic rings. The smallest absolute Gasteiger partial charge is 0.271 e. The van der Waals surface area contributed by atoms with Crippen LogP contribution in [0.5, 0.6) is 0 Å². The highest BCUT2D eigenvalue weighted by molar-refractivity contribution is 5.92. The van der Waals surface area contributed by atoms with E-state index in [1.54, 1.807) is 7.05 Å². The normalized spacial score (nSPS) is 11.1. The summed E-state index contributed by atoms with van der Waals surface area (Å²) in [6.45, 7) is 5.22. The summed E-state index contributed by atoms with van der Waals surface area (Å²) in [5, 5.41) is 2.62. The molecule has 1 heterocycles. The second-order valence-electron chi connectivity index (χ2n) is 4.63. The fourth-order valence-corrected chi connectivity index (χ4v) is 1.91. The van der Waals surface area contributed by atoms with E-state index in [9.17, 15) is 4.79 Å². The molecule has 106 valence electrons. The summed E-state index contributed by atoms with van der Waals surface area (Å²) in [5.74, 6) is 0.746. The van der Waals surface area contributed by atoms with Crippen LogP contribution in [-0.2, 0) is 6.54 Å². The van der Waals surface area contributed by atoms with Gasteiger partial charge in [-0.15, -0.1) is 0 Å². The van der Waals surface area contributed by atoms with E-state index in [4.69, 9.17) is 0 Å². The van der Waals surface area contributed by atoms with E-state index in [1.807, 2.05) is 12.3 Å². The molecule has 0 aliphatic carbocycles. The van der Waals surface area contributed by atoms with Crippen LogP contribution in [0.4, 0.5) is 0 Å². The van der Waals surface area contributed by atoms with Gasteiger partial charge in [0.05, 0.1) is 0 Å². The molecule has 0 atom stereocenters. The molecular weight excluding hydrogens is 238 g/mol. The topological polar surface area (TPSA) is 46.9 Å². The van der Waals surface area contributed by atoms with Crippen molar-refractivity contribution in [3.63, 3.8) is 0 Å². The lowest BCUT2D eigenvalue weighted by Gasteiger charge is -2.04. The van der Waals surface area contributed by atoms with Gasteiger partial charge < -0.3 is 9.88 Å². The predicted molar refractivity (Wildman–Crippen MR) is 79.1 cm³/mol. The molecule has 0 spiro atoms. The highest BCUT2D eigenvalue weighted by Crippen LogP contribution is 2.09. The lowest BCUT2D eigenvalue weighted by molar-refractivity contribution is 0.0958. The quantitative estimate of drug-likeness (QED) is 0.732. The maximum atomic E-state index is 11.6. The zero-order valence-electron chi connectivity index (χ0n) is 12.3. The first-order valence-electron chi connectivity index (χ1n) is 7.18. The van der Waals surface area contributed by atoms with Gasteiger partial charge in [0.15, 0.2) is 0 Å². The number of amides is 1. The Bertz CT molecular complexity index is 421. The van der Waals surface area contributed by atoms with Gasteiger partial charge in [-0.3, -0.25) is 4.79 Å². The minimum Gasteiger partial charge on any atom is -0.354 e. The summed E-state index contributed by atoms with van der Waals surface area (Å²) >= 11 is 0. The van der Waals surface area contributed by atoms with Crippen LogP contribution in [0.25, 0.3) is 6.08 Å². The average Bonchev–Trinajstić information content (AvgIpc) is 2.83. The minimum atomic E-state index is -0.126. The molecule has 0 saturated heterocycles. The van der Waals surface area contributed by atoms with E-state index < -0.39 is 0 Å². The molecule has 1 amide bonds. The van der Waals surface area contributed by atoms with Crippen molar-refractivity contribution in [2.75, 3.05) is 7.05 Å². The van der Waals surface area contributed by atoms with Crippen LogP contribution >= 0.6 is 0 Å². The first kappa shape index (κ1) is 15.5. The Morgan fingerprint density at radius 1 is 1.37 bits per heavy atom. The molecule has 0 aliphatic heterocycles.